The van der Waals surface area contributed by atoms with Gasteiger partial charge in [-0.05, 0) is 51.6 Å². The van der Waals surface area contributed by atoms with Gasteiger partial charge in [0.15, 0.2) is 6.29 Å². The molecule has 1 fully saturated rings. The molecule has 2 heterocycles. The van der Waals surface area contributed by atoms with Gasteiger partial charge in [0.25, 0.3) is 0 Å². The number of ether oxygens (including phenoxy) is 3. The molecule has 4 aromatic carbocycles. The fraction of sp³-hybridized carbons (Fsp3) is 0.256. The van der Waals surface area contributed by atoms with Crippen molar-refractivity contribution in [2.24, 2.45) is 5.92 Å². The maximum atomic E-state index is 12.8. The average molecular weight is 762 g/mol. The Balaban J connectivity index is 1.14. The van der Waals surface area contributed by atoms with Crippen molar-refractivity contribution in [2.75, 3.05) is 12.9 Å². The Morgan fingerprint density at radius 3 is 2.27 bits per heavy atom. The first-order valence-electron chi connectivity index (χ1n) is 17.9. The van der Waals surface area contributed by atoms with Gasteiger partial charge in [-0.2, -0.15) is 0 Å². The lowest BCUT2D eigenvalue weighted by Gasteiger charge is -2.41. The summed E-state index contributed by atoms with van der Waals surface area (Å²) in [5.74, 6) is -1.19. The molecule has 284 valence electrons. The van der Waals surface area contributed by atoms with Gasteiger partial charge in [0.05, 0.1) is 31.5 Å². The number of nitrogens with one attached hydrogen (secondary N) is 2. The number of hydrogen-bond donors (Lipinski definition) is 4. The molecule has 12 heteroatoms. The van der Waals surface area contributed by atoms with Crippen molar-refractivity contribution in [1.29, 1.82) is 0 Å². The molecule has 0 spiro atoms. The Labute approximate surface area is 324 Å². The lowest BCUT2D eigenvalue weighted by atomic mass is 9.91. The average Bonchev–Trinajstić information content (AvgIpc) is 3.22. The van der Waals surface area contributed by atoms with Gasteiger partial charge in [-0.25, -0.2) is 19.4 Å². The monoisotopic (exact) mass is 761 g/mol. The number of aliphatic hydroxyl groups is 1. The van der Waals surface area contributed by atoms with Gasteiger partial charge in [0.2, 0.25) is 0 Å². The summed E-state index contributed by atoms with van der Waals surface area (Å²) in [6.07, 6.45) is 0.543. The van der Waals surface area contributed by atoms with Crippen LogP contribution in [0, 0.1) is 5.92 Å². The maximum absolute atomic E-state index is 12.8. The number of aromatic nitrogens is 1. The number of benzene rings is 4. The number of urea groups is 1. The Hall–Kier alpha value is -5.53. The molecule has 0 radical (unpaired) electrons. The third kappa shape index (κ3) is 10.2. The molecular formula is C43H43N3O8S. The molecular weight excluding hydrogens is 719 g/mol. The van der Waals surface area contributed by atoms with Crippen LogP contribution < -0.4 is 10.6 Å². The quantitative estimate of drug-likeness (QED) is 0.0680. The number of carboxylic acids is 1. The minimum absolute atomic E-state index is 0.0594. The van der Waals surface area contributed by atoms with Crippen molar-refractivity contribution < 1.29 is 38.8 Å². The number of aliphatic hydroxyl groups excluding tert-OH is 1. The van der Waals surface area contributed by atoms with Crippen LogP contribution >= 0.6 is 11.8 Å². The number of amides is 2. The van der Waals surface area contributed by atoms with E-state index in [4.69, 9.17) is 14.2 Å². The molecule has 1 aromatic heterocycles. The highest BCUT2D eigenvalue weighted by molar-refractivity contribution is 7.99. The second kappa shape index (κ2) is 18.7. The van der Waals surface area contributed by atoms with Gasteiger partial charge in [-0.1, -0.05) is 104 Å². The predicted molar refractivity (Wildman–Crippen MR) is 208 cm³/mol. The van der Waals surface area contributed by atoms with Gasteiger partial charge in [0.1, 0.15) is 11.1 Å². The van der Waals surface area contributed by atoms with Crippen molar-refractivity contribution >= 4 is 29.7 Å². The summed E-state index contributed by atoms with van der Waals surface area (Å²) in [6, 6.07) is 34.7. The normalized spacial score (nSPS) is 18.5. The summed E-state index contributed by atoms with van der Waals surface area (Å²) in [5.41, 5.74) is 6.38. The topological polar surface area (TPSA) is 156 Å². The minimum atomic E-state index is -1.04. The molecule has 0 bridgehead atoms. The van der Waals surface area contributed by atoms with Crippen LogP contribution in [0.5, 0.6) is 0 Å². The molecule has 1 aliphatic heterocycles. The van der Waals surface area contributed by atoms with Crippen molar-refractivity contribution in [3.05, 3.63) is 155 Å². The highest BCUT2D eigenvalue weighted by Gasteiger charge is 2.38. The van der Waals surface area contributed by atoms with Crippen LogP contribution in [-0.4, -0.2) is 58.2 Å². The zero-order valence-corrected chi connectivity index (χ0v) is 31.3. The number of nitrogens with zero attached hydrogens (tertiary/aromatic N) is 1. The molecule has 0 unspecified atom stereocenters. The molecule has 6 rings (SSSR count). The summed E-state index contributed by atoms with van der Waals surface area (Å²) < 4.78 is 18.1. The van der Waals surface area contributed by atoms with Crippen molar-refractivity contribution in [3.63, 3.8) is 0 Å². The van der Waals surface area contributed by atoms with E-state index in [0.29, 0.717) is 17.2 Å². The zero-order valence-electron chi connectivity index (χ0n) is 30.5. The van der Waals surface area contributed by atoms with E-state index in [1.54, 1.807) is 18.3 Å². The van der Waals surface area contributed by atoms with Crippen molar-refractivity contribution in [1.82, 2.24) is 15.6 Å². The lowest BCUT2D eigenvalue weighted by Crippen LogP contribution is -2.47. The molecule has 2 amide bonds. The second-order valence-electron chi connectivity index (χ2n) is 13.2. The zero-order chi connectivity index (χ0) is 38.7. The van der Waals surface area contributed by atoms with E-state index in [2.05, 4.69) is 22.5 Å². The summed E-state index contributed by atoms with van der Waals surface area (Å²) in [4.78, 5) is 41.4. The molecule has 4 N–H and O–H groups in total. The van der Waals surface area contributed by atoms with Gasteiger partial charge in [-0.3, -0.25) is 0 Å². The van der Waals surface area contributed by atoms with Crippen LogP contribution in [-0.2, 0) is 38.6 Å². The molecule has 11 nitrogen and oxygen atoms in total. The molecule has 55 heavy (non-hydrogen) atoms. The van der Waals surface area contributed by atoms with Gasteiger partial charge in [-0.15, -0.1) is 11.8 Å². The molecule has 0 saturated carbocycles. The number of carbonyl (C=O) groups excluding carboxylic acids is 2. The van der Waals surface area contributed by atoms with Crippen LogP contribution in [0.15, 0.2) is 126 Å². The number of hydrogen-bond acceptors (Lipinski definition) is 9. The van der Waals surface area contributed by atoms with Gasteiger partial charge in [0, 0.05) is 36.4 Å². The Morgan fingerprint density at radius 1 is 0.836 bits per heavy atom. The smallest absolute Gasteiger partial charge is 0.338 e. The largest absolute Gasteiger partial charge is 0.478 e. The van der Waals surface area contributed by atoms with Crippen LogP contribution in [0.2, 0.25) is 0 Å². The third-order valence-electron chi connectivity index (χ3n) is 9.48. The first-order chi connectivity index (χ1) is 26.7. The van der Waals surface area contributed by atoms with E-state index in [1.165, 1.54) is 18.9 Å². The van der Waals surface area contributed by atoms with Gasteiger partial charge < -0.3 is 35.1 Å². The lowest BCUT2D eigenvalue weighted by molar-refractivity contribution is -0.268. The van der Waals surface area contributed by atoms with Crippen molar-refractivity contribution in [2.45, 2.75) is 56.1 Å². The number of methoxy groups -OCH3 is 1. The first-order valence-corrected chi connectivity index (χ1v) is 18.9. The predicted octanol–water partition coefficient (Wildman–Crippen LogP) is 7.11. The standard InChI is InChI=1S/C43H43N3O8S/c1-27-37(26-55-39-35(40(48)49)12-7-21-44-39)53-42(54-38(27)32-15-13-29(25-47)14-16-32)33-19-17-31(18-20-33)34-11-6-10-30(22-34)24-45-43(51)46-36(41(50)52-2)23-28-8-4-3-5-9-28/h3-22,27,36-38,42,47H,23-26H2,1-2H3,(H,48,49)(H2,45,46,51)/t27-,36+,37+,38+,42+/m1/s1. The van der Waals surface area contributed by atoms with Crippen LogP contribution in [0.3, 0.4) is 0 Å². The number of pyridine rings is 1. The number of esters is 1. The molecule has 1 saturated heterocycles. The second-order valence-corrected chi connectivity index (χ2v) is 14.2. The number of rotatable bonds is 14. The Bertz CT molecular complexity index is 2060. The van der Waals surface area contributed by atoms with Crippen LogP contribution in [0.25, 0.3) is 11.1 Å². The van der Waals surface area contributed by atoms with Crippen LogP contribution in [0.1, 0.15) is 57.5 Å². The highest BCUT2D eigenvalue weighted by atomic mass is 32.2. The van der Waals surface area contributed by atoms with E-state index >= 15 is 0 Å². The number of aromatic carboxylic acids is 1. The van der Waals surface area contributed by atoms with E-state index in [9.17, 15) is 24.6 Å². The van der Waals surface area contributed by atoms with Crippen LogP contribution in [0.4, 0.5) is 4.79 Å². The molecule has 0 aliphatic carbocycles. The van der Waals surface area contributed by atoms with Crippen molar-refractivity contribution in [3.8, 4) is 11.1 Å². The van der Waals surface area contributed by atoms with Gasteiger partial charge >= 0.3 is 18.0 Å². The molecule has 5 aromatic rings. The van der Waals surface area contributed by atoms with E-state index in [1.807, 2.05) is 103 Å². The minimum Gasteiger partial charge on any atom is -0.478 e. The molecule has 1 aliphatic rings. The Morgan fingerprint density at radius 2 is 1.56 bits per heavy atom. The van der Waals surface area contributed by atoms with E-state index in [-0.39, 0.29) is 36.8 Å². The highest BCUT2D eigenvalue weighted by Crippen LogP contribution is 2.43. The summed E-state index contributed by atoms with van der Waals surface area (Å²) in [6.45, 7) is 2.24. The molecule has 5 atom stereocenters. The van der Waals surface area contributed by atoms with E-state index in [0.717, 1.165) is 38.9 Å². The first kappa shape index (κ1) is 39.2. The maximum Gasteiger partial charge on any atom is 0.338 e. The number of carboxylic acid groups (broad SMARTS) is 1. The third-order valence-corrected chi connectivity index (χ3v) is 10.6. The number of carbonyl (C=O) groups is 3. The number of thioether (sulfide) groups is 1. The summed E-state index contributed by atoms with van der Waals surface area (Å²) in [5, 5.41) is 25.3. The SMILES string of the molecule is COC(=O)[C@H](Cc1ccccc1)NC(=O)NCc1cccc(-c2ccc([C@H]3O[C@@H](CSc4ncccc4C(=O)O)[C@@H](C)[C@@H](c4ccc(CO)cc4)O3)cc2)c1. The summed E-state index contributed by atoms with van der Waals surface area (Å²) >= 11 is 1.34. The van der Waals surface area contributed by atoms with E-state index < -0.39 is 30.3 Å². The fourth-order valence-corrected chi connectivity index (χ4v) is 7.56. The fourth-order valence-electron chi connectivity index (χ4n) is 6.41. The summed E-state index contributed by atoms with van der Waals surface area (Å²) in [7, 11) is 1.30. The Kier molecular flexibility index (Phi) is 13.3.